The van der Waals surface area contributed by atoms with E-state index in [1.165, 1.54) is 6.20 Å². The molecule has 1 aromatic heterocycles. The highest BCUT2D eigenvalue weighted by Crippen LogP contribution is 2.18. The van der Waals surface area contributed by atoms with E-state index in [9.17, 15) is 4.39 Å². The van der Waals surface area contributed by atoms with Gasteiger partial charge in [-0.05, 0) is 49.3 Å². The molecule has 0 aromatic carbocycles. The lowest BCUT2D eigenvalue weighted by Gasteiger charge is -2.23. The number of hydrogen-bond donors (Lipinski definition) is 1. The standard InChI is InChI=1S/C10H14BrFN2/c1-10(2,13-3)5-7-4-8(11)6-14-9(7)12/h4,6,13H,5H2,1-3H3. The number of pyridine rings is 1. The van der Waals surface area contributed by atoms with Gasteiger partial charge >= 0.3 is 0 Å². The van der Waals surface area contributed by atoms with Crippen LogP contribution in [0, 0.1) is 5.95 Å². The van der Waals surface area contributed by atoms with Crippen molar-refractivity contribution in [2.24, 2.45) is 0 Å². The SMILES string of the molecule is CNC(C)(C)Cc1cc(Br)cnc1F. The normalized spacial score (nSPS) is 11.8. The average molecular weight is 261 g/mol. The fraction of sp³-hybridized carbons (Fsp3) is 0.500. The summed E-state index contributed by atoms with van der Waals surface area (Å²) in [4.78, 5) is 3.66. The highest BCUT2D eigenvalue weighted by Gasteiger charge is 2.18. The van der Waals surface area contributed by atoms with Crippen molar-refractivity contribution < 1.29 is 4.39 Å². The summed E-state index contributed by atoms with van der Waals surface area (Å²) in [5, 5.41) is 3.13. The molecule has 0 amide bonds. The van der Waals surface area contributed by atoms with Gasteiger partial charge in [0.05, 0.1) is 0 Å². The van der Waals surface area contributed by atoms with E-state index in [4.69, 9.17) is 0 Å². The van der Waals surface area contributed by atoms with Gasteiger partial charge in [-0.15, -0.1) is 0 Å². The molecule has 1 N–H and O–H groups in total. The highest BCUT2D eigenvalue weighted by molar-refractivity contribution is 9.10. The summed E-state index contributed by atoms with van der Waals surface area (Å²) in [6, 6.07) is 1.77. The highest BCUT2D eigenvalue weighted by atomic mass is 79.9. The second kappa shape index (κ2) is 4.36. The van der Waals surface area contributed by atoms with Crippen molar-refractivity contribution in [1.29, 1.82) is 0 Å². The fourth-order valence-electron chi connectivity index (χ4n) is 1.15. The Morgan fingerprint density at radius 3 is 2.79 bits per heavy atom. The Morgan fingerprint density at radius 2 is 2.21 bits per heavy atom. The van der Waals surface area contributed by atoms with Gasteiger partial charge in [-0.1, -0.05) is 0 Å². The van der Waals surface area contributed by atoms with E-state index in [1.807, 2.05) is 20.9 Å². The molecule has 0 aliphatic heterocycles. The topological polar surface area (TPSA) is 24.9 Å². The Balaban J connectivity index is 2.91. The van der Waals surface area contributed by atoms with Crippen LogP contribution in [0.4, 0.5) is 4.39 Å². The third kappa shape index (κ3) is 3.03. The number of halogens is 2. The number of hydrogen-bond acceptors (Lipinski definition) is 2. The molecule has 0 fully saturated rings. The Morgan fingerprint density at radius 1 is 1.57 bits per heavy atom. The smallest absolute Gasteiger partial charge is 0.216 e. The van der Waals surface area contributed by atoms with Gasteiger partial charge in [-0.3, -0.25) is 0 Å². The maximum absolute atomic E-state index is 13.3. The van der Waals surface area contributed by atoms with Crippen molar-refractivity contribution in [3.63, 3.8) is 0 Å². The molecule has 0 aliphatic carbocycles. The summed E-state index contributed by atoms with van der Waals surface area (Å²) in [5.74, 6) is -0.392. The van der Waals surface area contributed by atoms with Gasteiger partial charge in [-0.25, -0.2) is 4.98 Å². The first kappa shape index (κ1) is 11.6. The maximum Gasteiger partial charge on any atom is 0.216 e. The second-order valence-corrected chi connectivity index (χ2v) is 4.83. The number of likely N-dealkylation sites (N-methyl/N-ethyl adjacent to an activating group) is 1. The quantitative estimate of drug-likeness (QED) is 0.846. The van der Waals surface area contributed by atoms with Crippen molar-refractivity contribution >= 4 is 15.9 Å². The van der Waals surface area contributed by atoms with Gasteiger partial charge in [-0.2, -0.15) is 4.39 Å². The molecule has 4 heteroatoms. The summed E-state index contributed by atoms with van der Waals surface area (Å²) in [6.45, 7) is 4.04. The molecular weight excluding hydrogens is 247 g/mol. The summed E-state index contributed by atoms with van der Waals surface area (Å²) < 4.78 is 14.1. The number of nitrogens with zero attached hydrogens (tertiary/aromatic N) is 1. The van der Waals surface area contributed by atoms with Gasteiger partial charge in [0.1, 0.15) is 0 Å². The van der Waals surface area contributed by atoms with Gasteiger partial charge in [0.25, 0.3) is 0 Å². The Hall–Kier alpha value is -0.480. The molecule has 1 heterocycles. The minimum absolute atomic E-state index is 0.122. The number of aromatic nitrogens is 1. The molecule has 0 atom stereocenters. The number of nitrogens with one attached hydrogen (secondary N) is 1. The van der Waals surface area contributed by atoms with Gasteiger partial charge in [0.2, 0.25) is 5.95 Å². The zero-order chi connectivity index (χ0) is 10.8. The molecule has 1 aromatic rings. The van der Waals surface area contributed by atoms with Crippen LogP contribution >= 0.6 is 15.9 Å². The van der Waals surface area contributed by atoms with Crippen LogP contribution in [-0.2, 0) is 6.42 Å². The zero-order valence-corrected chi connectivity index (χ0v) is 10.2. The largest absolute Gasteiger partial charge is 0.314 e. The van der Waals surface area contributed by atoms with Crippen molar-refractivity contribution in [3.05, 3.63) is 28.2 Å². The minimum atomic E-state index is -0.392. The van der Waals surface area contributed by atoms with Crippen LogP contribution in [0.25, 0.3) is 0 Å². The Labute approximate surface area is 92.1 Å². The van der Waals surface area contributed by atoms with Crippen molar-refractivity contribution in [2.75, 3.05) is 7.05 Å². The lowest BCUT2D eigenvalue weighted by Crippen LogP contribution is -2.38. The fourth-order valence-corrected chi connectivity index (χ4v) is 1.53. The van der Waals surface area contributed by atoms with Crippen LogP contribution in [0.1, 0.15) is 19.4 Å². The van der Waals surface area contributed by atoms with Crippen LogP contribution in [0.2, 0.25) is 0 Å². The molecule has 78 valence electrons. The molecule has 0 saturated carbocycles. The molecule has 0 radical (unpaired) electrons. The Kier molecular flexibility index (Phi) is 3.61. The molecule has 0 unspecified atom stereocenters. The minimum Gasteiger partial charge on any atom is -0.314 e. The van der Waals surface area contributed by atoms with E-state index in [0.717, 1.165) is 4.47 Å². The van der Waals surface area contributed by atoms with Crippen LogP contribution in [0.15, 0.2) is 16.7 Å². The molecule has 14 heavy (non-hydrogen) atoms. The van der Waals surface area contributed by atoms with Gasteiger partial charge < -0.3 is 5.32 Å². The van der Waals surface area contributed by atoms with Gasteiger partial charge in [0.15, 0.2) is 0 Å². The van der Waals surface area contributed by atoms with Crippen LogP contribution in [-0.4, -0.2) is 17.6 Å². The van der Waals surface area contributed by atoms with Crippen molar-refractivity contribution in [1.82, 2.24) is 10.3 Å². The first-order valence-corrected chi connectivity index (χ1v) is 5.23. The lowest BCUT2D eigenvalue weighted by atomic mass is 9.96. The zero-order valence-electron chi connectivity index (χ0n) is 8.56. The molecule has 0 spiro atoms. The summed E-state index contributed by atoms with van der Waals surface area (Å²) in [5.41, 5.74) is 0.502. The first-order valence-electron chi connectivity index (χ1n) is 4.43. The predicted molar refractivity (Wildman–Crippen MR) is 58.7 cm³/mol. The lowest BCUT2D eigenvalue weighted by molar-refractivity contribution is 0.410. The number of rotatable bonds is 3. The molecular formula is C10H14BrFN2. The van der Waals surface area contributed by atoms with E-state index in [2.05, 4.69) is 26.2 Å². The summed E-state index contributed by atoms with van der Waals surface area (Å²) in [7, 11) is 1.86. The van der Waals surface area contributed by atoms with Crippen molar-refractivity contribution in [3.8, 4) is 0 Å². The molecule has 0 bridgehead atoms. The summed E-state index contributed by atoms with van der Waals surface area (Å²) >= 11 is 3.28. The Bertz CT molecular complexity index is 326. The first-order chi connectivity index (χ1) is 6.44. The van der Waals surface area contributed by atoms with Crippen LogP contribution < -0.4 is 5.32 Å². The van der Waals surface area contributed by atoms with Crippen molar-refractivity contribution in [2.45, 2.75) is 25.8 Å². The third-order valence-corrected chi connectivity index (χ3v) is 2.62. The predicted octanol–water partition coefficient (Wildman–Crippen LogP) is 2.52. The second-order valence-electron chi connectivity index (χ2n) is 3.91. The maximum atomic E-state index is 13.3. The summed E-state index contributed by atoms with van der Waals surface area (Å²) in [6.07, 6.45) is 2.08. The average Bonchev–Trinajstić information content (AvgIpc) is 2.11. The van der Waals surface area contributed by atoms with Crippen LogP contribution in [0.5, 0.6) is 0 Å². The van der Waals surface area contributed by atoms with Gasteiger partial charge in [0, 0.05) is 21.8 Å². The van der Waals surface area contributed by atoms with E-state index >= 15 is 0 Å². The van der Waals surface area contributed by atoms with E-state index in [0.29, 0.717) is 12.0 Å². The van der Waals surface area contributed by atoms with Crippen LogP contribution in [0.3, 0.4) is 0 Å². The third-order valence-electron chi connectivity index (χ3n) is 2.19. The molecule has 1 rings (SSSR count). The van der Waals surface area contributed by atoms with E-state index in [-0.39, 0.29) is 5.54 Å². The van der Waals surface area contributed by atoms with E-state index < -0.39 is 5.95 Å². The molecule has 2 nitrogen and oxygen atoms in total. The monoisotopic (exact) mass is 260 g/mol. The molecule has 0 saturated heterocycles. The van der Waals surface area contributed by atoms with E-state index in [1.54, 1.807) is 6.07 Å². The molecule has 0 aliphatic rings.